The van der Waals surface area contributed by atoms with Crippen molar-refractivity contribution in [2.75, 3.05) is 31.1 Å². The van der Waals surface area contributed by atoms with E-state index in [9.17, 15) is 4.79 Å². The number of amides is 1. The maximum absolute atomic E-state index is 12.1. The van der Waals surface area contributed by atoms with E-state index < -0.39 is 5.38 Å². The second-order valence-corrected chi connectivity index (χ2v) is 7.82. The molecular weight excluding hydrogens is 356 g/mol. The quantitative estimate of drug-likeness (QED) is 0.767. The summed E-state index contributed by atoms with van der Waals surface area (Å²) in [4.78, 5) is 20.9. The van der Waals surface area contributed by atoms with Crippen molar-refractivity contribution in [3.05, 3.63) is 41.2 Å². The van der Waals surface area contributed by atoms with Crippen LogP contribution in [0, 0.1) is 6.92 Å². The smallest absolute Gasteiger partial charge is 0.240 e. The topological polar surface area (TPSA) is 49.3 Å². The number of anilines is 1. The molecule has 0 radical (unpaired) electrons. The monoisotopic (exact) mass is 378 g/mol. The molecular formula is C18H23ClN4OS. The van der Waals surface area contributed by atoms with Gasteiger partial charge >= 0.3 is 0 Å². The van der Waals surface area contributed by atoms with Crippen molar-refractivity contribution < 1.29 is 4.79 Å². The molecule has 2 heterocycles. The summed E-state index contributed by atoms with van der Waals surface area (Å²) in [5.74, 6) is 0.872. The van der Waals surface area contributed by atoms with E-state index in [1.807, 2.05) is 4.90 Å². The molecule has 0 aliphatic carbocycles. The minimum Gasteiger partial charge on any atom is -0.345 e. The summed E-state index contributed by atoms with van der Waals surface area (Å²) in [7, 11) is 0. The third-order valence-electron chi connectivity index (χ3n) is 4.36. The van der Waals surface area contributed by atoms with Crippen LogP contribution in [0.5, 0.6) is 0 Å². The summed E-state index contributed by atoms with van der Waals surface area (Å²) in [6, 6.07) is 8.47. The second-order valence-electron chi connectivity index (χ2n) is 6.44. The largest absolute Gasteiger partial charge is 0.345 e. The lowest BCUT2D eigenvalue weighted by Gasteiger charge is -2.22. The first-order valence-corrected chi connectivity index (χ1v) is 9.80. The molecule has 1 aliphatic heterocycles. The van der Waals surface area contributed by atoms with Gasteiger partial charge in [-0.1, -0.05) is 29.8 Å². The first-order chi connectivity index (χ1) is 12.0. The number of aromatic nitrogens is 2. The SMILES string of the molecule is Cc1ccc(Cc2nsc(N3CCCN(C(=O)C(C)Cl)CC3)n2)cc1. The summed E-state index contributed by atoms with van der Waals surface area (Å²) in [6.45, 7) is 6.91. The fourth-order valence-electron chi connectivity index (χ4n) is 2.91. The van der Waals surface area contributed by atoms with Crippen molar-refractivity contribution in [2.24, 2.45) is 0 Å². The number of rotatable bonds is 4. The first kappa shape index (κ1) is 18.1. The van der Waals surface area contributed by atoms with E-state index in [1.165, 1.54) is 22.7 Å². The van der Waals surface area contributed by atoms with Crippen LogP contribution in [-0.4, -0.2) is 51.7 Å². The highest BCUT2D eigenvalue weighted by molar-refractivity contribution is 7.09. The van der Waals surface area contributed by atoms with Gasteiger partial charge in [-0.15, -0.1) is 11.6 Å². The highest BCUT2D eigenvalue weighted by Crippen LogP contribution is 2.21. The molecule has 5 nitrogen and oxygen atoms in total. The molecule has 1 saturated heterocycles. The number of alkyl halides is 1. The van der Waals surface area contributed by atoms with E-state index in [0.717, 1.165) is 43.4 Å². The number of nitrogens with zero attached hydrogens (tertiary/aromatic N) is 4. The van der Waals surface area contributed by atoms with E-state index in [4.69, 9.17) is 16.6 Å². The predicted octanol–water partition coefficient (Wildman–Crippen LogP) is 3.10. The molecule has 1 fully saturated rings. The molecule has 0 bridgehead atoms. The third-order valence-corrected chi connectivity index (χ3v) is 5.36. The fraction of sp³-hybridized carbons (Fsp3) is 0.500. The van der Waals surface area contributed by atoms with E-state index in [-0.39, 0.29) is 5.91 Å². The van der Waals surface area contributed by atoms with Crippen molar-refractivity contribution >= 4 is 34.2 Å². The minimum atomic E-state index is -0.464. The summed E-state index contributed by atoms with van der Waals surface area (Å²) >= 11 is 7.37. The zero-order valence-electron chi connectivity index (χ0n) is 14.6. The Balaban J connectivity index is 1.62. The van der Waals surface area contributed by atoms with Crippen LogP contribution in [0.2, 0.25) is 0 Å². The van der Waals surface area contributed by atoms with Crippen molar-refractivity contribution in [3.63, 3.8) is 0 Å². The standard InChI is InChI=1S/C18H23ClN4OS/c1-13-4-6-15(7-5-13)12-16-20-18(25-21-16)23-9-3-8-22(10-11-23)17(24)14(2)19/h4-7,14H,3,8-12H2,1-2H3. The van der Waals surface area contributed by atoms with Crippen LogP contribution in [0.15, 0.2) is 24.3 Å². The van der Waals surface area contributed by atoms with Crippen LogP contribution in [0.3, 0.4) is 0 Å². The van der Waals surface area contributed by atoms with Gasteiger partial charge in [0.15, 0.2) is 0 Å². The number of halogens is 1. The van der Waals surface area contributed by atoms with Crippen LogP contribution in [0.25, 0.3) is 0 Å². The average Bonchev–Trinajstić information content (AvgIpc) is 2.91. The van der Waals surface area contributed by atoms with Crippen LogP contribution < -0.4 is 4.90 Å². The molecule has 1 amide bonds. The van der Waals surface area contributed by atoms with E-state index in [2.05, 4.69) is 40.5 Å². The summed E-state index contributed by atoms with van der Waals surface area (Å²) in [5.41, 5.74) is 2.48. The van der Waals surface area contributed by atoms with Crippen LogP contribution >= 0.6 is 23.1 Å². The number of hydrogen-bond acceptors (Lipinski definition) is 5. The number of carbonyl (C=O) groups is 1. The highest BCUT2D eigenvalue weighted by Gasteiger charge is 2.23. The van der Waals surface area contributed by atoms with Crippen molar-refractivity contribution in [1.29, 1.82) is 0 Å². The lowest BCUT2D eigenvalue weighted by Crippen LogP contribution is -2.38. The molecule has 134 valence electrons. The maximum atomic E-state index is 12.1. The van der Waals surface area contributed by atoms with Crippen molar-refractivity contribution in [2.45, 2.75) is 32.1 Å². The Bertz CT molecular complexity index is 716. The van der Waals surface area contributed by atoms with Crippen LogP contribution in [0.1, 0.15) is 30.3 Å². The molecule has 25 heavy (non-hydrogen) atoms. The Morgan fingerprint density at radius 1 is 1.24 bits per heavy atom. The lowest BCUT2D eigenvalue weighted by molar-refractivity contribution is -0.130. The molecule has 0 saturated carbocycles. The summed E-state index contributed by atoms with van der Waals surface area (Å²) in [5, 5.41) is 0.476. The van der Waals surface area contributed by atoms with Gasteiger partial charge in [0.2, 0.25) is 11.0 Å². The molecule has 1 aromatic carbocycles. The van der Waals surface area contributed by atoms with Crippen molar-refractivity contribution in [3.8, 4) is 0 Å². The minimum absolute atomic E-state index is 0.0147. The molecule has 1 atom stereocenters. The fourth-order valence-corrected chi connectivity index (χ4v) is 3.79. The van der Waals surface area contributed by atoms with Gasteiger partial charge < -0.3 is 9.80 Å². The Kier molecular flexibility index (Phi) is 5.91. The van der Waals surface area contributed by atoms with Gasteiger partial charge in [-0.05, 0) is 25.8 Å². The maximum Gasteiger partial charge on any atom is 0.240 e. The average molecular weight is 379 g/mol. The molecule has 1 aromatic heterocycles. The molecule has 0 N–H and O–H groups in total. The summed E-state index contributed by atoms with van der Waals surface area (Å²) < 4.78 is 4.51. The molecule has 2 aromatic rings. The van der Waals surface area contributed by atoms with Gasteiger partial charge in [0.1, 0.15) is 11.2 Å². The molecule has 3 rings (SSSR count). The number of hydrogen-bond donors (Lipinski definition) is 0. The third kappa shape index (κ3) is 4.70. The van der Waals surface area contributed by atoms with Crippen LogP contribution in [0.4, 0.5) is 5.13 Å². The van der Waals surface area contributed by atoms with Gasteiger partial charge in [-0.3, -0.25) is 4.79 Å². The highest BCUT2D eigenvalue weighted by atomic mass is 35.5. The van der Waals surface area contributed by atoms with Gasteiger partial charge in [-0.25, -0.2) is 4.98 Å². The van der Waals surface area contributed by atoms with E-state index >= 15 is 0 Å². The number of benzene rings is 1. The van der Waals surface area contributed by atoms with Crippen LogP contribution in [-0.2, 0) is 11.2 Å². The predicted molar refractivity (Wildman–Crippen MR) is 103 cm³/mol. The Labute approximate surface area is 157 Å². The Morgan fingerprint density at radius 2 is 2.00 bits per heavy atom. The normalized spacial score (nSPS) is 16.6. The van der Waals surface area contributed by atoms with Crippen molar-refractivity contribution in [1.82, 2.24) is 14.3 Å². The second kappa shape index (κ2) is 8.15. The summed E-state index contributed by atoms with van der Waals surface area (Å²) in [6.07, 6.45) is 1.67. The number of aryl methyl sites for hydroxylation is 1. The molecule has 1 unspecified atom stereocenters. The zero-order chi connectivity index (χ0) is 17.8. The lowest BCUT2D eigenvalue weighted by atomic mass is 10.1. The van der Waals surface area contributed by atoms with Gasteiger partial charge in [0, 0.05) is 44.1 Å². The number of carbonyl (C=O) groups excluding carboxylic acids is 1. The zero-order valence-corrected chi connectivity index (χ0v) is 16.2. The molecule has 0 spiro atoms. The van der Waals surface area contributed by atoms with E-state index in [0.29, 0.717) is 6.54 Å². The first-order valence-electron chi connectivity index (χ1n) is 8.59. The Hall–Kier alpha value is -1.66. The van der Waals surface area contributed by atoms with Gasteiger partial charge in [0.25, 0.3) is 0 Å². The van der Waals surface area contributed by atoms with Gasteiger partial charge in [0.05, 0.1) is 0 Å². The molecule has 7 heteroatoms. The Morgan fingerprint density at radius 3 is 2.72 bits per heavy atom. The van der Waals surface area contributed by atoms with Gasteiger partial charge in [-0.2, -0.15) is 4.37 Å². The van der Waals surface area contributed by atoms with E-state index in [1.54, 1.807) is 6.92 Å². The molecule has 1 aliphatic rings.